The number of nitrogens with zero attached hydrogens (tertiary/aromatic N) is 4. The summed E-state index contributed by atoms with van der Waals surface area (Å²) in [6, 6.07) is 5.42. The van der Waals surface area contributed by atoms with Crippen molar-refractivity contribution >= 4 is 11.8 Å². The van der Waals surface area contributed by atoms with Crippen LogP contribution in [-0.4, -0.2) is 52.3 Å². The number of fused-ring (bicyclic) bond motifs is 1. The van der Waals surface area contributed by atoms with Crippen molar-refractivity contribution in [1.29, 1.82) is 5.26 Å². The van der Waals surface area contributed by atoms with Gasteiger partial charge in [-0.05, 0) is 32.0 Å². The number of hydrogen-bond acceptors (Lipinski definition) is 5. The second-order valence-electron chi connectivity index (χ2n) is 5.29. The minimum Gasteiger partial charge on any atom is -0.306 e. The first-order chi connectivity index (χ1) is 9.59. The summed E-state index contributed by atoms with van der Waals surface area (Å²) in [5, 5.41) is 9.57. The zero-order chi connectivity index (χ0) is 14.3. The molecule has 2 aliphatic heterocycles. The fourth-order valence-corrected chi connectivity index (χ4v) is 2.83. The van der Waals surface area contributed by atoms with Gasteiger partial charge in [0.1, 0.15) is 11.2 Å². The lowest BCUT2D eigenvalue weighted by Crippen LogP contribution is -2.56. The smallest absolute Gasteiger partial charge is 0.281 e. The van der Waals surface area contributed by atoms with Crippen LogP contribution in [0, 0.1) is 11.3 Å². The monoisotopic (exact) mass is 270 g/mol. The summed E-state index contributed by atoms with van der Waals surface area (Å²) in [5.41, 5.74) is -0.585. The number of nitriles is 1. The fourth-order valence-electron chi connectivity index (χ4n) is 2.83. The Morgan fingerprint density at radius 2 is 2.00 bits per heavy atom. The van der Waals surface area contributed by atoms with Gasteiger partial charge in [-0.25, -0.2) is 0 Å². The molecule has 0 bridgehead atoms. The van der Waals surface area contributed by atoms with Crippen molar-refractivity contribution in [1.82, 2.24) is 14.8 Å². The molecule has 0 aliphatic carbocycles. The normalized spacial score (nSPS) is 21.7. The Bertz CT molecular complexity index is 591. The number of rotatable bonds is 1. The first kappa shape index (κ1) is 12.8. The van der Waals surface area contributed by atoms with Gasteiger partial charge >= 0.3 is 0 Å². The van der Waals surface area contributed by atoms with E-state index in [4.69, 9.17) is 0 Å². The zero-order valence-corrected chi connectivity index (χ0v) is 11.2. The Morgan fingerprint density at radius 1 is 1.30 bits per heavy atom. The number of hydrogen-bond donors (Lipinski definition) is 0. The number of piperidine rings is 1. The molecule has 0 unspecified atom stereocenters. The van der Waals surface area contributed by atoms with Gasteiger partial charge in [-0.15, -0.1) is 0 Å². The van der Waals surface area contributed by atoms with Crippen LogP contribution in [-0.2, 0) is 0 Å². The van der Waals surface area contributed by atoms with Crippen LogP contribution in [0.15, 0.2) is 18.3 Å². The Balaban J connectivity index is 2.02. The molecule has 1 aromatic rings. The highest BCUT2D eigenvalue weighted by Crippen LogP contribution is 2.34. The van der Waals surface area contributed by atoms with Crippen LogP contribution < -0.4 is 0 Å². The minimum atomic E-state index is -1.04. The van der Waals surface area contributed by atoms with Crippen molar-refractivity contribution in [2.75, 3.05) is 20.1 Å². The predicted molar refractivity (Wildman–Crippen MR) is 69.8 cm³/mol. The predicted octanol–water partition coefficient (Wildman–Crippen LogP) is 0.666. The summed E-state index contributed by atoms with van der Waals surface area (Å²) < 4.78 is 0. The third-order valence-electron chi connectivity index (χ3n) is 4.10. The third kappa shape index (κ3) is 1.63. The maximum atomic E-state index is 12.5. The van der Waals surface area contributed by atoms with Crippen molar-refractivity contribution in [3.05, 3.63) is 29.6 Å². The minimum absolute atomic E-state index is 0.158. The molecular formula is C14H14N4O2. The average molecular weight is 270 g/mol. The van der Waals surface area contributed by atoms with E-state index < -0.39 is 17.4 Å². The highest BCUT2D eigenvalue weighted by atomic mass is 16.2. The molecule has 0 radical (unpaired) electrons. The zero-order valence-electron chi connectivity index (χ0n) is 11.2. The van der Waals surface area contributed by atoms with Gasteiger partial charge in [-0.3, -0.25) is 19.5 Å². The van der Waals surface area contributed by atoms with Gasteiger partial charge in [0, 0.05) is 19.3 Å². The molecule has 6 heteroatoms. The lowest BCUT2D eigenvalue weighted by molar-refractivity contribution is 0.0392. The molecule has 3 heterocycles. The Morgan fingerprint density at radius 3 is 2.60 bits per heavy atom. The lowest BCUT2D eigenvalue weighted by Gasteiger charge is -2.40. The Hall–Kier alpha value is -2.26. The van der Waals surface area contributed by atoms with Crippen LogP contribution in [0.2, 0.25) is 0 Å². The Labute approximate surface area is 116 Å². The molecule has 20 heavy (non-hydrogen) atoms. The molecule has 1 saturated heterocycles. The summed E-state index contributed by atoms with van der Waals surface area (Å²) >= 11 is 0. The summed E-state index contributed by atoms with van der Waals surface area (Å²) in [7, 11) is 1.96. The summed E-state index contributed by atoms with van der Waals surface area (Å²) in [6.45, 7) is 1.38. The van der Waals surface area contributed by atoms with Crippen LogP contribution >= 0.6 is 0 Å². The second kappa shape index (κ2) is 4.39. The maximum Gasteiger partial charge on any atom is 0.281 e. The molecule has 0 aromatic carbocycles. The quantitative estimate of drug-likeness (QED) is 0.701. The van der Waals surface area contributed by atoms with Gasteiger partial charge in [0.15, 0.2) is 0 Å². The highest BCUT2D eigenvalue weighted by Gasteiger charge is 2.51. The second-order valence-corrected chi connectivity index (χ2v) is 5.29. The van der Waals surface area contributed by atoms with Crippen molar-refractivity contribution in [3.8, 4) is 6.07 Å². The number of amides is 2. The van der Waals surface area contributed by atoms with E-state index in [1.807, 2.05) is 7.05 Å². The van der Waals surface area contributed by atoms with E-state index in [0.29, 0.717) is 31.5 Å². The third-order valence-corrected chi connectivity index (χ3v) is 4.10. The van der Waals surface area contributed by atoms with Gasteiger partial charge < -0.3 is 4.90 Å². The van der Waals surface area contributed by atoms with Crippen LogP contribution in [0.4, 0.5) is 0 Å². The summed E-state index contributed by atoms with van der Waals surface area (Å²) in [6.07, 6.45) is 2.44. The molecule has 102 valence electrons. The molecule has 0 atom stereocenters. The summed E-state index contributed by atoms with van der Waals surface area (Å²) in [5.74, 6) is -0.846. The van der Waals surface area contributed by atoms with Gasteiger partial charge in [-0.2, -0.15) is 5.26 Å². The van der Waals surface area contributed by atoms with E-state index in [2.05, 4.69) is 16.0 Å². The number of pyridine rings is 1. The average Bonchev–Trinajstić information content (AvgIpc) is 2.74. The first-order valence-corrected chi connectivity index (χ1v) is 6.53. The highest BCUT2D eigenvalue weighted by molar-refractivity contribution is 6.21. The molecule has 2 amide bonds. The van der Waals surface area contributed by atoms with E-state index in [9.17, 15) is 14.9 Å². The Kier molecular flexibility index (Phi) is 2.80. The van der Waals surface area contributed by atoms with Gasteiger partial charge in [0.05, 0.1) is 11.6 Å². The lowest BCUT2D eigenvalue weighted by atomic mass is 9.87. The maximum absolute atomic E-state index is 12.5. The van der Waals surface area contributed by atoms with Gasteiger partial charge in [0.2, 0.25) is 0 Å². The largest absolute Gasteiger partial charge is 0.306 e. The number of carbonyl (C=O) groups excluding carboxylic acids is 2. The molecule has 2 aliphatic rings. The van der Waals surface area contributed by atoms with Crippen molar-refractivity contribution in [3.63, 3.8) is 0 Å². The number of imide groups is 1. The van der Waals surface area contributed by atoms with Gasteiger partial charge in [-0.1, -0.05) is 0 Å². The van der Waals surface area contributed by atoms with Crippen molar-refractivity contribution in [2.45, 2.75) is 18.4 Å². The van der Waals surface area contributed by atoms with E-state index in [-0.39, 0.29) is 5.69 Å². The van der Waals surface area contributed by atoms with E-state index in [1.54, 1.807) is 12.1 Å². The molecule has 1 fully saturated rings. The molecule has 0 saturated carbocycles. The van der Waals surface area contributed by atoms with Gasteiger partial charge in [0.25, 0.3) is 11.8 Å². The summed E-state index contributed by atoms with van der Waals surface area (Å²) in [4.78, 5) is 32.1. The molecule has 0 N–H and O–H groups in total. The first-order valence-electron chi connectivity index (χ1n) is 6.53. The van der Waals surface area contributed by atoms with Crippen molar-refractivity contribution in [2.24, 2.45) is 0 Å². The van der Waals surface area contributed by atoms with E-state index in [0.717, 1.165) is 4.90 Å². The topological polar surface area (TPSA) is 77.3 Å². The van der Waals surface area contributed by atoms with Crippen molar-refractivity contribution < 1.29 is 9.59 Å². The fraction of sp³-hybridized carbons (Fsp3) is 0.429. The van der Waals surface area contributed by atoms with Crippen LogP contribution in [0.25, 0.3) is 0 Å². The standard InChI is InChI=1S/C14H14N4O2/c1-17-7-4-14(9-15,5-8-17)18-12(19)10-3-2-6-16-11(10)13(18)20/h2-3,6H,4-5,7-8H2,1H3. The number of aromatic nitrogens is 1. The SMILES string of the molecule is CN1CCC(C#N)(N2C(=O)c3cccnc3C2=O)CC1. The van der Waals surface area contributed by atoms with E-state index in [1.165, 1.54) is 6.20 Å². The van der Waals surface area contributed by atoms with E-state index >= 15 is 0 Å². The van der Waals surface area contributed by atoms with Crippen LogP contribution in [0.1, 0.15) is 33.7 Å². The van der Waals surface area contributed by atoms with Crippen LogP contribution in [0.5, 0.6) is 0 Å². The molecule has 6 nitrogen and oxygen atoms in total. The van der Waals surface area contributed by atoms with Crippen LogP contribution in [0.3, 0.4) is 0 Å². The molecular weight excluding hydrogens is 256 g/mol. The molecule has 1 aromatic heterocycles. The number of likely N-dealkylation sites (tertiary alicyclic amines) is 1. The number of carbonyl (C=O) groups is 2. The molecule has 3 rings (SSSR count). The molecule has 0 spiro atoms.